The fourth-order valence-corrected chi connectivity index (χ4v) is 0.818. The van der Waals surface area contributed by atoms with Crippen molar-refractivity contribution in [1.82, 2.24) is 0 Å². The molecule has 0 spiro atoms. The van der Waals surface area contributed by atoms with Gasteiger partial charge in [0.25, 0.3) is 0 Å². The summed E-state index contributed by atoms with van der Waals surface area (Å²) in [5.74, 6) is 0. The van der Waals surface area contributed by atoms with E-state index in [1.807, 2.05) is 17.9 Å². The number of hydrogen-bond acceptors (Lipinski definition) is 0. The molecule has 0 amide bonds. The minimum absolute atomic E-state index is 0.341. The molecule has 0 saturated heterocycles. The summed E-state index contributed by atoms with van der Waals surface area (Å²) in [6.45, 7) is 18.4. The molecule has 0 aliphatic carbocycles. The standard InChI is InChI=1S/C5H9OSi.C5H9Si/c1-4-6(5-2)7-3;1-4-6(3)5-2/h4-5H,1-2H2,3H3;4-5H,1-2H2,3H3/q+1;-1. The molecule has 0 aromatic heterocycles. The summed E-state index contributed by atoms with van der Waals surface area (Å²) in [5.41, 5.74) is 3.91. The Bertz CT molecular complexity index is 150. The topological polar surface area (TPSA) is 2.70 Å². The summed E-state index contributed by atoms with van der Waals surface area (Å²) in [5, 5.41) is 0. The van der Waals surface area contributed by atoms with Crippen molar-refractivity contribution in [2.75, 3.05) is 0 Å². The summed E-state index contributed by atoms with van der Waals surface area (Å²) in [7, 11) is 0.322. The average molecular weight is 210 g/mol. The smallest absolute Gasteiger partial charge is 0.610 e. The lowest BCUT2D eigenvalue weighted by molar-refractivity contribution is 0.247. The number of rotatable bonds is 5. The molecule has 0 fully saturated rings. The van der Waals surface area contributed by atoms with E-state index in [9.17, 15) is 0 Å². The molecule has 72 valence electrons. The van der Waals surface area contributed by atoms with E-state index >= 15 is 0 Å². The first-order chi connectivity index (χ1) is 6.15. The van der Waals surface area contributed by atoms with Crippen molar-refractivity contribution in [2.24, 2.45) is 0 Å². The molecule has 0 saturated carbocycles. The minimum atomic E-state index is -0.341. The lowest BCUT2D eigenvalue weighted by Crippen LogP contribution is -1.98. The Morgan fingerprint density at radius 2 is 1.46 bits per heavy atom. The van der Waals surface area contributed by atoms with Crippen molar-refractivity contribution in [3.05, 3.63) is 50.2 Å². The summed E-state index contributed by atoms with van der Waals surface area (Å²) in [6.07, 6.45) is 3.34. The lowest BCUT2D eigenvalue weighted by atomic mass is 11.1. The van der Waals surface area contributed by atoms with E-state index in [2.05, 4.69) is 36.9 Å². The highest BCUT2D eigenvalue weighted by atomic mass is 28.3. The van der Waals surface area contributed by atoms with Crippen LogP contribution in [0, 0.1) is 0 Å². The molecule has 3 heteroatoms. The minimum Gasteiger partial charge on any atom is -0.647 e. The van der Waals surface area contributed by atoms with Crippen LogP contribution in [0.25, 0.3) is 0 Å². The Morgan fingerprint density at radius 1 is 1.08 bits per heavy atom. The van der Waals surface area contributed by atoms with Crippen molar-refractivity contribution < 1.29 is 4.06 Å². The van der Waals surface area contributed by atoms with E-state index in [1.165, 1.54) is 0 Å². The van der Waals surface area contributed by atoms with Crippen molar-refractivity contribution in [2.45, 2.75) is 13.1 Å². The molecule has 0 aliphatic rings. The van der Waals surface area contributed by atoms with E-state index < -0.39 is 0 Å². The molecule has 1 nitrogen and oxygen atoms in total. The maximum absolute atomic E-state index is 3.61. The third kappa shape index (κ3) is 11.2. The molecular formula is C10H18OSi2. The van der Waals surface area contributed by atoms with Gasteiger partial charge in [-0.25, -0.2) is 11.4 Å². The first-order valence-electron chi connectivity index (χ1n) is 3.89. The van der Waals surface area contributed by atoms with Crippen LogP contribution in [0.15, 0.2) is 50.2 Å². The van der Waals surface area contributed by atoms with Crippen molar-refractivity contribution in [3.8, 4) is 0 Å². The predicted molar refractivity (Wildman–Crippen MR) is 65.1 cm³/mol. The maximum atomic E-state index is 3.61. The molecule has 0 atom stereocenters. The Morgan fingerprint density at radius 3 is 1.46 bits per heavy atom. The SMILES string of the molecule is C=C[O+](C=C)[Si]C.C=C[Si-](C)C=C. The van der Waals surface area contributed by atoms with Crippen LogP contribution in [0.5, 0.6) is 0 Å². The van der Waals surface area contributed by atoms with Gasteiger partial charge in [-0.05, 0) is 13.2 Å². The van der Waals surface area contributed by atoms with Crippen LogP contribution < -0.4 is 0 Å². The van der Waals surface area contributed by atoms with Crippen LogP contribution in [0.2, 0.25) is 13.1 Å². The largest absolute Gasteiger partial charge is 0.647 e. The van der Waals surface area contributed by atoms with Gasteiger partial charge in [-0.2, -0.15) is 6.55 Å². The summed E-state index contributed by atoms with van der Waals surface area (Å²) >= 11 is 0. The molecular weight excluding hydrogens is 192 g/mol. The number of hydrogen-bond donors (Lipinski definition) is 0. The zero-order valence-electron chi connectivity index (χ0n) is 8.55. The van der Waals surface area contributed by atoms with Gasteiger partial charge in [-0.3, -0.25) is 8.80 Å². The quantitative estimate of drug-likeness (QED) is 0.373. The van der Waals surface area contributed by atoms with Crippen LogP contribution in [-0.4, -0.2) is 18.6 Å². The first-order valence-corrected chi connectivity index (χ1v) is 7.45. The molecule has 0 aliphatic heterocycles. The highest BCUT2D eigenvalue weighted by Crippen LogP contribution is 1.90. The van der Waals surface area contributed by atoms with E-state index in [4.69, 9.17) is 0 Å². The van der Waals surface area contributed by atoms with Crippen molar-refractivity contribution >= 4 is 18.6 Å². The van der Waals surface area contributed by atoms with Gasteiger partial charge in [0.2, 0.25) is 0 Å². The fourth-order valence-electron chi connectivity index (χ4n) is 0.318. The van der Waals surface area contributed by atoms with Gasteiger partial charge in [0.15, 0.2) is 12.5 Å². The Balaban J connectivity index is 0. The zero-order valence-corrected chi connectivity index (χ0v) is 10.5. The third-order valence-electron chi connectivity index (χ3n) is 1.24. The van der Waals surface area contributed by atoms with Gasteiger partial charge in [0, 0.05) is 6.55 Å². The van der Waals surface area contributed by atoms with E-state index in [-0.39, 0.29) is 8.80 Å². The molecule has 2 radical (unpaired) electrons. The maximum Gasteiger partial charge on any atom is 0.610 e. The van der Waals surface area contributed by atoms with Crippen LogP contribution in [-0.2, 0) is 4.06 Å². The summed E-state index contributed by atoms with van der Waals surface area (Å²) < 4.78 is 2.63. The molecule has 0 aromatic carbocycles. The average Bonchev–Trinajstić information content (AvgIpc) is 2.20. The Kier molecular flexibility index (Phi) is 12.7. The second-order valence-electron chi connectivity index (χ2n) is 2.06. The summed E-state index contributed by atoms with van der Waals surface area (Å²) in [6, 6.07) is 0. The molecule has 0 bridgehead atoms. The molecule has 13 heavy (non-hydrogen) atoms. The van der Waals surface area contributed by atoms with Crippen LogP contribution >= 0.6 is 0 Å². The molecule has 0 unspecified atom stereocenters. The summed E-state index contributed by atoms with van der Waals surface area (Å²) in [4.78, 5) is 0. The second kappa shape index (κ2) is 11.2. The lowest BCUT2D eigenvalue weighted by Gasteiger charge is -2.08. The normalized spacial score (nSPS) is 7.23. The molecule has 0 aromatic rings. The van der Waals surface area contributed by atoms with Gasteiger partial charge < -0.3 is 4.06 Å². The molecule has 0 N–H and O–H groups in total. The van der Waals surface area contributed by atoms with Crippen LogP contribution in [0.1, 0.15) is 0 Å². The van der Waals surface area contributed by atoms with Crippen molar-refractivity contribution in [1.29, 1.82) is 0 Å². The highest BCUT2D eigenvalue weighted by Gasteiger charge is 1.94. The monoisotopic (exact) mass is 210 g/mol. The highest BCUT2D eigenvalue weighted by molar-refractivity contribution is 6.67. The van der Waals surface area contributed by atoms with Gasteiger partial charge in [-0.1, -0.05) is 0 Å². The third-order valence-corrected chi connectivity index (χ3v) is 3.33. The fraction of sp³-hybridized carbons (Fsp3) is 0.200. The molecule has 0 heterocycles. The zero-order chi connectivity index (χ0) is 10.7. The Hall–Kier alpha value is -0.806. The predicted octanol–water partition coefficient (Wildman–Crippen LogP) is 3.05. The van der Waals surface area contributed by atoms with Gasteiger partial charge in [0.1, 0.15) is 0 Å². The van der Waals surface area contributed by atoms with E-state index in [0.717, 1.165) is 0 Å². The van der Waals surface area contributed by atoms with Crippen LogP contribution in [0.4, 0.5) is 0 Å². The Labute approximate surface area is 86.4 Å². The molecule has 0 rings (SSSR count). The van der Waals surface area contributed by atoms with Gasteiger partial charge in [-0.15, -0.1) is 13.2 Å². The van der Waals surface area contributed by atoms with Crippen LogP contribution in [0.3, 0.4) is 0 Å². The van der Waals surface area contributed by atoms with E-state index in [1.54, 1.807) is 12.5 Å². The van der Waals surface area contributed by atoms with Gasteiger partial charge in [0.05, 0.1) is 0 Å². The van der Waals surface area contributed by atoms with Gasteiger partial charge >= 0.3 is 9.76 Å². The van der Waals surface area contributed by atoms with Crippen molar-refractivity contribution in [3.63, 3.8) is 0 Å². The second-order valence-corrected chi connectivity index (χ2v) is 5.25. The first kappa shape index (κ1) is 14.7. The van der Waals surface area contributed by atoms with E-state index in [0.29, 0.717) is 9.76 Å².